The van der Waals surface area contributed by atoms with Crippen LogP contribution in [0.1, 0.15) is 51.4 Å². The topological polar surface area (TPSA) is 46.3 Å². The molecule has 4 aliphatic carbocycles. The second kappa shape index (κ2) is 3.72. The largest absolute Gasteiger partial charge is 0.337 e. The third kappa shape index (κ3) is 1.56. The molecular weight excluding hydrogens is 224 g/mol. The molecule has 4 bridgehead atoms. The zero-order valence-corrected chi connectivity index (χ0v) is 11.1. The molecule has 0 radical (unpaired) electrons. The van der Waals surface area contributed by atoms with Crippen LogP contribution in [0.25, 0.3) is 0 Å². The highest BCUT2D eigenvalue weighted by Crippen LogP contribution is 2.58. The summed E-state index contributed by atoms with van der Waals surface area (Å²) in [5.41, 5.74) is 6.19. The Morgan fingerprint density at radius 1 is 1.06 bits per heavy atom. The van der Waals surface area contributed by atoms with E-state index >= 15 is 0 Å². The predicted octanol–water partition coefficient (Wildman–Crippen LogP) is 1.90. The van der Waals surface area contributed by atoms with Crippen LogP contribution in [0.15, 0.2) is 0 Å². The smallest absolute Gasteiger partial charge is 0.224 e. The van der Waals surface area contributed by atoms with E-state index in [9.17, 15) is 4.79 Å². The molecule has 0 aromatic heterocycles. The van der Waals surface area contributed by atoms with E-state index in [2.05, 4.69) is 4.90 Å². The van der Waals surface area contributed by atoms with Gasteiger partial charge in [-0.25, -0.2) is 0 Å². The standard InChI is InChI=1S/C15H24N2O/c16-13-1-2-17(14(18)6-13)15-7-10-3-11(8-15)5-12(4-10)9-15/h10-13H,1-9,16H2. The molecule has 0 spiro atoms. The van der Waals surface area contributed by atoms with Crippen LogP contribution in [0.2, 0.25) is 0 Å². The van der Waals surface area contributed by atoms with Gasteiger partial charge in [0.15, 0.2) is 0 Å². The second-order valence-electron chi connectivity index (χ2n) is 7.44. The molecule has 1 heterocycles. The van der Waals surface area contributed by atoms with Gasteiger partial charge in [0.25, 0.3) is 0 Å². The first-order valence-electron chi connectivity index (χ1n) is 7.71. The Balaban J connectivity index is 1.61. The maximum absolute atomic E-state index is 12.4. The SMILES string of the molecule is NC1CCN(C23CC4CC(CC(C4)C2)C3)C(=O)C1. The molecule has 100 valence electrons. The van der Waals surface area contributed by atoms with Crippen LogP contribution < -0.4 is 5.73 Å². The van der Waals surface area contributed by atoms with Gasteiger partial charge < -0.3 is 10.6 Å². The van der Waals surface area contributed by atoms with Crippen LogP contribution in [0.4, 0.5) is 0 Å². The molecule has 18 heavy (non-hydrogen) atoms. The molecule has 0 aromatic carbocycles. The van der Waals surface area contributed by atoms with Crippen molar-refractivity contribution in [3.63, 3.8) is 0 Å². The maximum atomic E-state index is 12.4. The molecular formula is C15H24N2O. The summed E-state index contributed by atoms with van der Waals surface area (Å²) in [5.74, 6) is 3.09. The molecule has 2 N–H and O–H groups in total. The van der Waals surface area contributed by atoms with E-state index in [1.54, 1.807) is 0 Å². The molecule has 1 amide bonds. The van der Waals surface area contributed by atoms with Crippen molar-refractivity contribution in [3.8, 4) is 0 Å². The summed E-state index contributed by atoms with van der Waals surface area (Å²) in [4.78, 5) is 14.6. The van der Waals surface area contributed by atoms with E-state index in [0.29, 0.717) is 12.3 Å². The van der Waals surface area contributed by atoms with Gasteiger partial charge >= 0.3 is 0 Å². The van der Waals surface area contributed by atoms with E-state index in [-0.39, 0.29) is 11.6 Å². The highest BCUT2D eigenvalue weighted by atomic mass is 16.2. The monoisotopic (exact) mass is 248 g/mol. The summed E-state index contributed by atoms with van der Waals surface area (Å²) in [6.45, 7) is 0.923. The maximum Gasteiger partial charge on any atom is 0.224 e. The number of hydrogen-bond acceptors (Lipinski definition) is 2. The lowest BCUT2D eigenvalue weighted by Gasteiger charge is -2.61. The van der Waals surface area contributed by atoms with Gasteiger partial charge in [0.05, 0.1) is 0 Å². The first kappa shape index (κ1) is 11.3. The van der Waals surface area contributed by atoms with Crippen molar-refractivity contribution in [1.82, 2.24) is 4.90 Å². The minimum absolute atomic E-state index is 0.114. The molecule has 1 aliphatic heterocycles. The van der Waals surface area contributed by atoms with Gasteiger partial charge in [-0.15, -0.1) is 0 Å². The summed E-state index contributed by atoms with van der Waals surface area (Å²) in [6, 6.07) is 0.114. The van der Waals surface area contributed by atoms with E-state index in [0.717, 1.165) is 30.7 Å². The van der Waals surface area contributed by atoms with Gasteiger partial charge in [0.1, 0.15) is 0 Å². The number of rotatable bonds is 1. The van der Waals surface area contributed by atoms with E-state index in [1.165, 1.54) is 38.5 Å². The fourth-order valence-corrected chi connectivity index (χ4v) is 5.75. The minimum Gasteiger partial charge on any atom is -0.337 e. The fourth-order valence-electron chi connectivity index (χ4n) is 5.75. The van der Waals surface area contributed by atoms with Crippen LogP contribution in [0, 0.1) is 17.8 Å². The average Bonchev–Trinajstić information content (AvgIpc) is 2.26. The molecule has 1 atom stereocenters. The van der Waals surface area contributed by atoms with Crippen molar-refractivity contribution < 1.29 is 4.79 Å². The number of amides is 1. The number of hydrogen-bond donors (Lipinski definition) is 1. The fraction of sp³-hybridized carbons (Fsp3) is 0.933. The van der Waals surface area contributed by atoms with E-state index in [1.807, 2.05) is 0 Å². The quantitative estimate of drug-likeness (QED) is 0.770. The average molecular weight is 248 g/mol. The van der Waals surface area contributed by atoms with Crippen LogP contribution in [0.5, 0.6) is 0 Å². The van der Waals surface area contributed by atoms with Gasteiger partial charge in [-0.05, 0) is 62.7 Å². The third-order valence-corrected chi connectivity index (χ3v) is 6.04. The van der Waals surface area contributed by atoms with Crippen molar-refractivity contribution >= 4 is 5.91 Å². The number of carbonyl (C=O) groups is 1. The lowest BCUT2D eigenvalue weighted by molar-refractivity contribution is -0.154. The highest BCUT2D eigenvalue weighted by Gasteiger charge is 2.54. The molecule has 5 rings (SSSR count). The van der Waals surface area contributed by atoms with Gasteiger partial charge in [-0.1, -0.05) is 0 Å². The summed E-state index contributed by atoms with van der Waals surface area (Å²) < 4.78 is 0. The zero-order chi connectivity index (χ0) is 12.3. The van der Waals surface area contributed by atoms with Crippen molar-refractivity contribution in [2.75, 3.05) is 6.54 Å². The number of nitrogens with two attached hydrogens (primary N) is 1. The zero-order valence-electron chi connectivity index (χ0n) is 11.1. The van der Waals surface area contributed by atoms with E-state index < -0.39 is 0 Å². The molecule has 0 aromatic rings. The number of piperidine rings is 1. The van der Waals surface area contributed by atoms with Crippen LogP contribution in [-0.4, -0.2) is 28.9 Å². The molecule has 1 unspecified atom stereocenters. The van der Waals surface area contributed by atoms with Gasteiger partial charge in [0.2, 0.25) is 5.91 Å². The summed E-state index contributed by atoms with van der Waals surface area (Å²) >= 11 is 0. The molecule has 3 heteroatoms. The summed E-state index contributed by atoms with van der Waals surface area (Å²) in [6.07, 6.45) is 9.80. The molecule has 5 aliphatic rings. The summed E-state index contributed by atoms with van der Waals surface area (Å²) in [5, 5.41) is 0. The number of likely N-dealkylation sites (tertiary alicyclic amines) is 1. The Hall–Kier alpha value is -0.570. The first-order chi connectivity index (χ1) is 8.64. The van der Waals surface area contributed by atoms with Gasteiger partial charge in [0, 0.05) is 24.5 Å². The highest BCUT2D eigenvalue weighted by molar-refractivity contribution is 5.78. The normalized spacial score (nSPS) is 50.9. The van der Waals surface area contributed by atoms with Crippen molar-refractivity contribution in [3.05, 3.63) is 0 Å². The van der Waals surface area contributed by atoms with Crippen LogP contribution >= 0.6 is 0 Å². The van der Waals surface area contributed by atoms with Gasteiger partial charge in [-0.3, -0.25) is 4.79 Å². The molecule has 4 saturated carbocycles. The Bertz CT molecular complexity index is 343. The Kier molecular flexibility index (Phi) is 2.33. The Morgan fingerprint density at radius 3 is 2.11 bits per heavy atom. The third-order valence-electron chi connectivity index (χ3n) is 6.04. The predicted molar refractivity (Wildman–Crippen MR) is 69.8 cm³/mol. The lowest BCUT2D eigenvalue weighted by Crippen LogP contribution is -2.63. The van der Waals surface area contributed by atoms with Gasteiger partial charge in [-0.2, -0.15) is 0 Å². The van der Waals surface area contributed by atoms with E-state index in [4.69, 9.17) is 5.73 Å². The van der Waals surface area contributed by atoms with Crippen molar-refractivity contribution in [2.45, 2.75) is 62.9 Å². The molecule has 3 nitrogen and oxygen atoms in total. The van der Waals surface area contributed by atoms with Crippen LogP contribution in [0.3, 0.4) is 0 Å². The number of carbonyl (C=O) groups excluding carboxylic acids is 1. The van der Waals surface area contributed by atoms with Crippen LogP contribution in [-0.2, 0) is 4.79 Å². The Morgan fingerprint density at radius 2 is 1.61 bits per heavy atom. The number of nitrogens with zero attached hydrogens (tertiary/aromatic N) is 1. The summed E-state index contributed by atoms with van der Waals surface area (Å²) in [7, 11) is 0. The van der Waals surface area contributed by atoms with Crippen molar-refractivity contribution in [1.29, 1.82) is 0 Å². The minimum atomic E-state index is 0.114. The molecule has 5 fully saturated rings. The Labute approximate surface area is 109 Å². The lowest BCUT2D eigenvalue weighted by atomic mass is 9.52. The first-order valence-corrected chi connectivity index (χ1v) is 7.71. The van der Waals surface area contributed by atoms with Crippen molar-refractivity contribution in [2.24, 2.45) is 23.5 Å². The molecule has 1 saturated heterocycles. The second-order valence-corrected chi connectivity index (χ2v) is 7.44.